The van der Waals surface area contributed by atoms with Gasteiger partial charge < -0.3 is 4.52 Å². The average molecular weight is 436 g/mol. The number of benzene rings is 1. The fraction of sp³-hybridized carbons (Fsp3) is 0.200. The summed E-state index contributed by atoms with van der Waals surface area (Å²) in [6, 6.07) is 2.48. The third-order valence-corrected chi connectivity index (χ3v) is 6.22. The molecule has 26 heavy (non-hydrogen) atoms. The van der Waals surface area contributed by atoms with Gasteiger partial charge in [-0.2, -0.15) is 5.10 Å². The summed E-state index contributed by atoms with van der Waals surface area (Å²) >= 11 is 17.7. The van der Waals surface area contributed by atoms with Gasteiger partial charge >= 0.3 is 0 Å². The maximum atomic E-state index is 12.6. The van der Waals surface area contributed by atoms with Gasteiger partial charge in [0, 0.05) is 11.8 Å². The molecular formula is C15H13Cl3N4O3S. The zero-order valence-electron chi connectivity index (χ0n) is 13.6. The first kappa shape index (κ1) is 19.0. The highest BCUT2D eigenvalue weighted by molar-refractivity contribution is 7.92. The maximum absolute atomic E-state index is 12.6. The number of anilines is 1. The summed E-state index contributed by atoms with van der Waals surface area (Å²) in [4.78, 5) is -0.174. The van der Waals surface area contributed by atoms with Crippen molar-refractivity contribution >= 4 is 50.5 Å². The van der Waals surface area contributed by atoms with E-state index in [2.05, 4.69) is 15.0 Å². The van der Waals surface area contributed by atoms with E-state index in [-0.39, 0.29) is 25.7 Å². The van der Waals surface area contributed by atoms with E-state index in [1.807, 2.05) is 6.92 Å². The van der Waals surface area contributed by atoms with Crippen LogP contribution in [0.4, 0.5) is 5.69 Å². The number of rotatable bonds is 5. The number of nitrogens with zero attached hydrogens (tertiary/aromatic N) is 3. The van der Waals surface area contributed by atoms with E-state index in [1.54, 1.807) is 17.8 Å². The zero-order chi connectivity index (χ0) is 19.1. The van der Waals surface area contributed by atoms with Crippen molar-refractivity contribution in [2.45, 2.75) is 25.3 Å². The van der Waals surface area contributed by atoms with Gasteiger partial charge in [-0.05, 0) is 26.0 Å². The second-order valence-corrected chi connectivity index (χ2v) is 8.40. The number of halogens is 3. The van der Waals surface area contributed by atoms with Crippen LogP contribution in [0.5, 0.6) is 0 Å². The molecule has 0 amide bonds. The van der Waals surface area contributed by atoms with Crippen LogP contribution in [-0.4, -0.2) is 23.4 Å². The highest BCUT2D eigenvalue weighted by Crippen LogP contribution is 2.32. The molecule has 11 heteroatoms. The molecule has 2 heterocycles. The van der Waals surface area contributed by atoms with E-state index in [9.17, 15) is 8.42 Å². The number of aryl methyl sites for hydroxylation is 2. The fourth-order valence-electron chi connectivity index (χ4n) is 2.31. The zero-order valence-corrected chi connectivity index (χ0v) is 16.7. The van der Waals surface area contributed by atoms with Gasteiger partial charge in [0.1, 0.15) is 10.7 Å². The van der Waals surface area contributed by atoms with Gasteiger partial charge in [-0.25, -0.2) is 8.42 Å². The molecule has 7 nitrogen and oxygen atoms in total. The Morgan fingerprint density at radius 2 is 1.85 bits per heavy atom. The molecule has 0 aliphatic heterocycles. The summed E-state index contributed by atoms with van der Waals surface area (Å²) in [5.41, 5.74) is 1.91. The molecule has 1 aromatic carbocycles. The van der Waals surface area contributed by atoms with E-state index in [0.717, 1.165) is 11.3 Å². The largest absolute Gasteiger partial charge is 0.361 e. The topological polar surface area (TPSA) is 90.0 Å². The maximum Gasteiger partial charge on any atom is 0.263 e. The van der Waals surface area contributed by atoms with Crippen LogP contribution in [0.3, 0.4) is 0 Å². The van der Waals surface area contributed by atoms with Crippen molar-refractivity contribution < 1.29 is 12.9 Å². The van der Waals surface area contributed by atoms with Gasteiger partial charge in [0.05, 0.1) is 39.2 Å². The number of aromatic nitrogens is 3. The Morgan fingerprint density at radius 3 is 2.50 bits per heavy atom. The first-order valence-corrected chi connectivity index (χ1v) is 9.90. The smallest absolute Gasteiger partial charge is 0.263 e. The molecule has 3 rings (SSSR count). The van der Waals surface area contributed by atoms with Crippen LogP contribution in [0.1, 0.15) is 17.0 Å². The Kier molecular flexibility index (Phi) is 5.21. The number of hydrogen-bond acceptors (Lipinski definition) is 5. The molecule has 0 saturated heterocycles. The van der Waals surface area contributed by atoms with E-state index >= 15 is 0 Å². The second-order valence-electron chi connectivity index (χ2n) is 5.53. The van der Waals surface area contributed by atoms with Gasteiger partial charge in [-0.15, -0.1) is 0 Å². The Bertz CT molecular complexity index is 1060. The Balaban J connectivity index is 1.83. The molecule has 2 aromatic heterocycles. The molecule has 0 aliphatic carbocycles. The van der Waals surface area contributed by atoms with Crippen molar-refractivity contribution in [1.82, 2.24) is 14.9 Å². The summed E-state index contributed by atoms with van der Waals surface area (Å²) in [5, 5.41) is 8.25. The molecule has 3 aromatic rings. The Hall–Kier alpha value is -1.74. The van der Waals surface area contributed by atoms with Gasteiger partial charge in [0.2, 0.25) is 0 Å². The third-order valence-electron chi connectivity index (χ3n) is 3.65. The quantitative estimate of drug-likeness (QED) is 0.604. The highest BCUT2D eigenvalue weighted by Gasteiger charge is 2.21. The minimum atomic E-state index is -3.96. The molecule has 0 spiro atoms. The molecule has 0 unspecified atom stereocenters. The Morgan fingerprint density at radius 1 is 1.15 bits per heavy atom. The van der Waals surface area contributed by atoms with Gasteiger partial charge in [0.25, 0.3) is 10.0 Å². The normalized spacial score (nSPS) is 11.7. The summed E-state index contributed by atoms with van der Waals surface area (Å²) in [7, 11) is -3.96. The summed E-state index contributed by atoms with van der Waals surface area (Å²) in [6.07, 6.45) is 2.94. The lowest BCUT2D eigenvalue weighted by atomic mass is 10.2. The van der Waals surface area contributed by atoms with Gasteiger partial charge in [-0.1, -0.05) is 40.0 Å². The van der Waals surface area contributed by atoms with Gasteiger partial charge in [0.15, 0.2) is 0 Å². The number of nitrogens with one attached hydrogen (secondary N) is 1. The van der Waals surface area contributed by atoms with Gasteiger partial charge in [-0.3, -0.25) is 9.40 Å². The van der Waals surface area contributed by atoms with Crippen LogP contribution in [0.15, 0.2) is 33.9 Å². The first-order valence-electron chi connectivity index (χ1n) is 7.29. The van der Waals surface area contributed by atoms with E-state index in [0.29, 0.717) is 12.3 Å². The summed E-state index contributed by atoms with van der Waals surface area (Å²) in [5.74, 6) is 0.683. The lowest BCUT2D eigenvalue weighted by Crippen LogP contribution is -2.13. The lowest BCUT2D eigenvalue weighted by Gasteiger charge is -2.09. The third kappa shape index (κ3) is 3.83. The van der Waals surface area contributed by atoms with E-state index in [4.69, 9.17) is 39.3 Å². The van der Waals surface area contributed by atoms with Crippen molar-refractivity contribution in [2.24, 2.45) is 0 Å². The molecule has 0 bridgehead atoms. The molecular weight excluding hydrogens is 423 g/mol. The molecule has 0 fully saturated rings. The molecule has 138 valence electrons. The number of sulfonamides is 1. The summed E-state index contributed by atoms with van der Waals surface area (Å²) in [6.45, 7) is 4.02. The lowest BCUT2D eigenvalue weighted by molar-refractivity contribution is 0.391. The monoisotopic (exact) mass is 434 g/mol. The first-order chi connectivity index (χ1) is 12.2. The predicted molar refractivity (Wildman–Crippen MR) is 99.6 cm³/mol. The van der Waals surface area contributed by atoms with Crippen LogP contribution in [0.2, 0.25) is 15.1 Å². The predicted octanol–water partition coefficient (Wildman–Crippen LogP) is 4.30. The molecule has 0 aliphatic rings. The van der Waals surface area contributed by atoms with Crippen molar-refractivity contribution in [3.63, 3.8) is 0 Å². The number of hydrogen-bond donors (Lipinski definition) is 1. The van der Waals surface area contributed by atoms with Crippen molar-refractivity contribution in [3.8, 4) is 0 Å². The van der Waals surface area contributed by atoms with E-state index in [1.165, 1.54) is 18.3 Å². The summed E-state index contributed by atoms with van der Waals surface area (Å²) < 4.78 is 34.2. The van der Waals surface area contributed by atoms with Crippen LogP contribution in [-0.2, 0) is 16.6 Å². The fourth-order valence-corrected chi connectivity index (χ4v) is 4.34. The SMILES string of the molecule is Cc1noc(C)c1Cn1cc(NS(=O)(=O)c2cc(Cl)c(Cl)cc2Cl)cn1. The molecule has 0 saturated carbocycles. The van der Waals surface area contributed by atoms with Crippen molar-refractivity contribution in [3.05, 3.63) is 56.6 Å². The van der Waals surface area contributed by atoms with Crippen molar-refractivity contribution in [1.29, 1.82) is 0 Å². The van der Waals surface area contributed by atoms with Crippen LogP contribution >= 0.6 is 34.8 Å². The average Bonchev–Trinajstić information content (AvgIpc) is 3.11. The highest BCUT2D eigenvalue weighted by atomic mass is 35.5. The molecule has 1 N–H and O–H groups in total. The van der Waals surface area contributed by atoms with Crippen LogP contribution < -0.4 is 4.72 Å². The standard InChI is InChI=1S/C15H13Cl3N4O3S/c1-8-11(9(2)25-20-8)7-22-6-10(5-19-22)21-26(23,24)15-4-13(17)12(16)3-14(15)18/h3-6,21H,7H2,1-2H3. The minimum Gasteiger partial charge on any atom is -0.361 e. The van der Waals surface area contributed by atoms with E-state index < -0.39 is 10.0 Å². The van der Waals surface area contributed by atoms with Crippen LogP contribution in [0.25, 0.3) is 0 Å². The minimum absolute atomic E-state index is 0.0324. The van der Waals surface area contributed by atoms with Crippen LogP contribution in [0, 0.1) is 13.8 Å². The van der Waals surface area contributed by atoms with Crippen molar-refractivity contribution in [2.75, 3.05) is 4.72 Å². The molecule has 0 radical (unpaired) electrons. The second kappa shape index (κ2) is 7.11. The molecule has 0 atom stereocenters. The Labute approximate surface area is 164 Å².